The first kappa shape index (κ1) is 21.8. The summed E-state index contributed by atoms with van der Waals surface area (Å²) in [4.78, 5) is 21.1. The fraction of sp³-hybridized carbons (Fsp3) is 0.316. The van der Waals surface area contributed by atoms with E-state index in [1.807, 2.05) is 0 Å². The number of carbonyl (C=O) groups is 1. The maximum Gasteiger partial charge on any atom is 0.274 e. The summed E-state index contributed by atoms with van der Waals surface area (Å²) in [6, 6.07) is 7.60. The van der Waals surface area contributed by atoms with Crippen molar-refractivity contribution in [1.29, 1.82) is 0 Å². The van der Waals surface area contributed by atoms with Crippen molar-refractivity contribution in [3.05, 3.63) is 58.6 Å². The molecule has 10 heteroatoms. The van der Waals surface area contributed by atoms with Gasteiger partial charge in [-0.1, -0.05) is 23.4 Å². The Hall–Kier alpha value is -1.87. The number of fused-ring (bicyclic) bond motifs is 1. The Morgan fingerprint density at radius 1 is 1.38 bits per heavy atom. The Morgan fingerprint density at radius 2 is 2.21 bits per heavy atom. The maximum atomic E-state index is 14.9. The van der Waals surface area contributed by atoms with E-state index >= 15 is 0 Å². The van der Waals surface area contributed by atoms with E-state index in [4.69, 9.17) is 22.1 Å². The van der Waals surface area contributed by atoms with Crippen LogP contribution in [0.3, 0.4) is 0 Å². The predicted molar refractivity (Wildman–Crippen MR) is 116 cm³/mol. The van der Waals surface area contributed by atoms with Crippen LogP contribution in [0.4, 0.5) is 10.1 Å². The van der Waals surface area contributed by atoms with Crippen LogP contribution in [-0.2, 0) is 10.3 Å². The molecule has 6 nitrogen and oxygen atoms in total. The summed E-state index contributed by atoms with van der Waals surface area (Å²) >= 11 is 7.26. The average Bonchev–Trinajstić information content (AvgIpc) is 2.69. The van der Waals surface area contributed by atoms with Gasteiger partial charge in [-0.25, -0.2) is 9.37 Å². The van der Waals surface area contributed by atoms with Gasteiger partial charge in [0.15, 0.2) is 5.17 Å². The van der Waals surface area contributed by atoms with E-state index in [1.54, 1.807) is 12.1 Å². The minimum absolute atomic E-state index is 0. The number of benzene rings is 1. The van der Waals surface area contributed by atoms with Crippen molar-refractivity contribution >= 4 is 52.5 Å². The van der Waals surface area contributed by atoms with Crippen LogP contribution in [0.2, 0.25) is 5.02 Å². The van der Waals surface area contributed by atoms with Crippen LogP contribution in [-0.4, -0.2) is 35.0 Å². The second-order valence-electron chi connectivity index (χ2n) is 6.72. The zero-order valence-electron chi connectivity index (χ0n) is 15.2. The summed E-state index contributed by atoms with van der Waals surface area (Å²) in [7, 11) is 0. The van der Waals surface area contributed by atoms with E-state index in [9.17, 15) is 9.18 Å². The Morgan fingerprint density at radius 3 is 2.97 bits per heavy atom. The van der Waals surface area contributed by atoms with Crippen LogP contribution in [0, 0.1) is 11.7 Å². The van der Waals surface area contributed by atoms with Gasteiger partial charge in [0.2, 0.25) is 0 Å². The number of rotatable bonds is 3. The van der Waals surface area contributed by atoms with E-state index in [0.717, 1.165) is 0 Å². The third kappa shape index (κ3) is 4.35. The number of pyridine rings is 1. The number of nitrogens with one attached hydrogen (secondary N) is 1. The summed E-state index contributed by atoms with van der Waals surface area (Å²) in [5, 5.41) is 3.64. The molecule has 4 rings (SSSR count). The number of aromatic nitrogens is 1. The molecule has 2 aromatic rings. The first-order valence-corrected chi connectivity index (χ1v) is 10.1. The number of aliphatic imine (C=N–C) groups is 1. The molecule has 1 fully saturated rings. The molecule has 2 atom stereocenters. The Balaban J connectivity index is 0.00000240. The Bertz CT molecular complexity index is 944. The lowest BCUT2D eigenvalue weighted by Gasteiger charge is -2.44. The second kappa shape index (κ2) is 8.87. The third-order valence-corrected chi connectivity index (χ3v) is 6.19. The van der Waals surface area contributed by atoms with Crippen molar-refractivity contribution in [2.24, 2.45) is 16.6 Å². The lowest BCUT2D eigenvalue weighted by Crippen LogP contribution is -2.47. The van der Waals surface area contributed by atoms with Gasteiger partial charge in [-0.3, -0.25) is 9.79 Å². The third-order valence-electron chi connectivity index (χ3n) is 5.01. The van der Waals surface area contributed by atoms with Gasteiger partial charge in [-0.05, 0) is 30.3 Å². The fourth-order valence-electron chi connectivity index (χ4n) is 3.60. The van der Waals surface area contributed by atoms with E-state index in [-0.39, 0.29) is 29.8 Å². The molecule has 0 bridgehead atoms. The summed E-state index contributed by atoms with van der Waals surface area (Å²) < 4.78 is 20.4. The molecule has 3 heterocycles. The summed E-state index contributed by atoms with van der Waals surface area (Å²) in [6.45, 7) is 0.969. The van der Waals surface area contributed by atoms with E-state index in [1.165, 1.54) is 36.2 Å². The van der Waals surface area contributed by atoms with Gasteiger partial charge in [0, 0.05) is 42.1 Å². The van der Waals surface area contributed by atoms with Gasteiger partial charge < -0.3 is 15.8 Å². The van der Waals surface area contributed by atoms with Gasteiger partial charge in [0.05, 0.1) is 17.2 Å². The minimum Gasteiger partial charge on any atom is -0.381 e. The van der Waals surface area contributed by atoms with Gasteiger partial charge in [-0.2, -0.15) is 0 Å². The number of nitrogens with two attached hydrogens (primary N) is 1. The molecule has 0 saturated carbocycles. The van der Waals surface area contributed by atoms with Crippen molar-refractivity contribution in [1.82, 2.24) is 4.98 Å². The number of amides is 1. The van der Waals surface area contributed by atoms with Crippen LogP contribution in [0.1, 0.15) is 22.5 Å². The van der Waals surface area contributed by atoms with E-state index in [0.29, 0.717) is 46.8 Å². The van der Waals surface area contributed by atoms with Gasteiger partial charge >= 0.3 is 0 Å². The molecule has 0 aliphatic carbocycles. The fourth-order valence-corrected chi connectivity index (χ4v) is 4.68. The summed E-state index contributed by atoms with van der Waals surface area (Å²) in [5.74, 6) is -0.0626. The molecule has 29 heavy (non-hydrogen) atoms. The molecule has 1 amide bonds. The van der Waals surface area contributed by atoms with Crippen LogP contribution < -0.4 is 11.1 Å². The number of hydrogen-bond donors (Lipinski definition) is 2. The maximum absolute atomic E-state index is 14.9. The molecular weight excluding hydrogens is 438 g/mol. The highest BCUT2D eigenvalue weighted by molar-refractivity contribution is 8.13. The largest absolute Gasteiger partial charge is 0.381 e. The first-order chi connectivity index (χ1) is 13.5. The molecule has 154 valence electrons. The monoisotopic (exact) mass is 456 g/mol. The molecule has 2 aliphatic rings. The predicted octanol–water partition coefficient (Wildman–Crippen LogP) is 3.84. The number of thioether (sulfide) groups is 1. The molecule has 1 unspecified atom stereocenters. The van der Waals surface area contributed by atoms with Crippen LogP contribution in [0.15, 0.2) is 41.5 Å². The van der Waals surface area contributed by atoms with Gasteiger partial charge in [-0.15, -0.1) is 12.4 Å². The second-order valence-corrected chi connectivity index (χ2v) is 8.19. The number of ether oxygens (including phenoxy) is 1. The van der Waals surface area contributed by atoms with Gasteiger partial charge in [0.1, 0.15) is 11.5 Å². The zero-order valence-corrected chi connectivity index (χ0v) is 17.6. The van der Waals surface area contributed by atoms with Crippen LogP contribution in [0.25, 0.3) is 0 Å². The SMILES string of the molecule is Cl.NC1=N[C@]2(c3cc(NC(=O)c4ccc(Cl)cn4)ccc3F)CCOCC2CS1. The number of anilines is 1. The number of carbonyl (C=O) groups excluding carboxylic acids is 1. The highest BCUT2D eigenvalue weighted by atomic mass is 35.5. The van der Waals surface area contributed by atoms with Crippen molar-refractivity contribution in [2.75, 3.05) is 24.3 Å². The molecule has 1 saturated heterocycles. The van der Waals surface area contributed by atoms with Crippen molar-refractivity contribution in [2.45, 2.75) is 12.0 Å². The summed E-state index contributed by atoms with van der Waals surface area (Å²) in [5.41, 5.74) is 6.30. The summed E-state index contributed by atoms with van der Waals surface area (Å²) in [6.07, 6.45) is 1.93. The quantitative estimate of drug-likeness (QED) is 0.731. The highest BCUT2D eigenvalue weighted by Crippen LogP contribution is 2.46. The normalized spacial score (nSPS) is 23.4. The number of amidine groups is 1. The lowest BCUT2D eigenvalue weighted by atomic mass is 9.75. The van der Waals surface area contributed by atoms with Gasteiger partial charge in [0.25, 0.3) is 5.91 Å². The average molecular weight is 457 g/mol. The molecule has 0 spiro atoms. The van der Waals surface area contributed by atoms with Crippen LogP contribution >= 0.6 is 35.8 Å². The van der Waals surface area contributed by atoms with E-state index < -0.39 is 11.4 Å². The topological polar surface area (TPSA) is 89.6 Å². The van der Waals surface area contributed by atoms with E-state index in [2.05, 4.69) is 15.3 Å². The van der Waals surface area contributed by atoms with Crippen molar-refractivity contribution < 1.29 is 13.9 Å². The number of halogens is 3. The number of nitrogens with zero attached hydrogens (tertiary/aromatic N) is 2. The Labute approximate surface area is 182 Å². The van der Waals surface area contributed by atoms with Crippen molar-refractivity contribution in [3.8, 4) is 0 Å². The molecule has 0 radical (unpaired) electrons. The minimum atomic E-state index is -0.781. The molecular formula is C19H19Cl2FN4O2S. The van der Waals surface area contributed by atoms with Crippen LogP contribution in [0.5, 0.6) is 0 Å². The lowest BCUT2D eigenvalue weighted by molar-refractivity contribution is 0.00886. The smallest absolute Gasteiger partial charge is 0.274 e. The molecule has 1 aromatic carbocycles. The molecule has 2 aliphatic heterocycles. The highest BCUT2D eigenvalue weighted by Gasteiger charge is 2.47. The molecule has 3 N–H and O–H groups in total. The Kier molecular flexibility index (Phi) is 6.68. The number of hydrogen-bond acceptors (Lipinski definition) is 6. The standard InChI is InChI=1S/C19H18ClFN4O2S.ClH/c20-12-1-4-16(23-8-12)17(26)24-13-2-3-15(21)14(7-13)19-5-6-27-9-11(19)10-28-18(22)25-19;/h1-4,7-8,11H,5-6,9-10H2,(H2,22,25)(H,24,26);1H/t11?,19-;/m1./s1. The molecule has 1 aromatic heterocycles. The first-order valence-electron chi connectivity index (χ1n) is 8.77. The van der Waals surface area contributed by atoms with Crippen molar-refractivity contribution in [3.63, 3.8) is 0 Å². The zero-order chi connectivity index (χ0) is 19.7.